The minimum Gasteiger partial charge on any atom is -0.508 e. The molecule has 4 rings (SSSR count). The quantitative estimate of drug-likeness (QED) is 0.412. The summed E-state index contributed by atoms with van der Waals surface area (Å²) in [6, 6.07) is 9.66. The van der Waals surface area contributed by atoms with E-state index >= 15 is 0 Å². The van der Waals surface area contributed by atoms with Crippen molar-refractivity contribution in [1.29, 1.82) is 0 Å². The highest BCUT2D eigenvalue weighted by atomic mass is 19.1. The number of rotatable bonds is 7. The second-order valence-electron chi connectivity index (χ2n) is 9.72. The van der Waals surface area contributed by atoms with Gasteiger partial charge in [-0.25, -0.2) is 13.7 Å². The summed E-state index contributed by atoms with van der Waals surface area (Å²) in [4.78, 5) is 28.4. The Morgan fingerprint density at radius 1 is 1.23 bits per heavy atom. The van der Waals surface area contributed by atoms with Crippen LogP contribution in [-0.2, 0) is 9.53 Å². The number of benzene rings is 2. The minimum atomic E-state index is -1.04. The highest BCUT2D eigenvalue weighted by molar-refractivity contribution is 6.01. The molecule has 2 aliphatic rings. The van der Waals surface area contributed by atoms with Crippen LogP contribution in [0.5, 0.6) is 5.75 Å². The molecular weight excluding hydrogens is 451 g/mol. The smallest absolute Gasteiger partial charge is 0.318 e. The Labute approximate surface area is 205 Å². The average Bonchev–Trinajstić information content (AvgIpc) is 3.16. The van der Waals surface area contributed by atoms with Crippen molar-refractivity contribution < 1.29 is 33.4 Å². The molecule has 0 spiro atoms. The van der Waals surface area contributed by atoms with Gasteiger partial charge in [0.2, 0.25) is 5.78 Å². The Bertz CT molecular complexity index is 1090. The summed E-state index contributed by atoms with van der Waals surface area (Å²) in [6.07, 6.45) is 0.506. The largest absolute Gasteiger partial charge is 0.508 e. The molecule has 0 saturated carbocycles. The van der Waals surface area contributed by atoms with E-state index in [9.17, 15) is 24.2 Å². The predicted molar refractivity (Wildman–Crippen MR) is 129 cm³/mol. The van der Waals surface area contributed by atoms with Crippen LogP contribution in [0, 0.1) is 18.7 Å². The number of likely N-dealkylation sites (tertiary alicyclic amines) is 1. The molecule has 7 nitrogen and oxygen atoms in total. The number of methoxy groups -OCH3 is 1. The standard InChI is InChI=1S/C27H33FN2O5/c1-17-21(9-4-10-22(17)28)24-23(32)16-30(12-13-35-2,27(34)19-7-5-11-29-15-19)25(24)26(33)18-6-3-8-20(31)14-18/h3-4,6,8-10,14,19,23-25,29,32H,5,7,11-13,15-16H2,1-2H3/p+1/t19?,23-,24+,25-,30?/m1/s1. The summed E-state index contributed by atoms with van der Waals surface area (Å²) < 4.78 is 19.7. The summed E-state index contributed by atoms with van der Waals surface area (Å²) in [5, 5.41) is 24.7. The van der Waals surface area contributed by atoms with Crippen molar-refractivity contribution in [1.82, 2.24) is 5.32 Å². The molecule has 2 heterocycles. The SMILES string of the molecule is COCC[N+]1(C(=O)C2CCCNC2)C[C@@H](O)[C@H](c2cccc(F)c2C)[C@@H]1C(=O)c1cccc(O)c1. The van der Waals surface area contributed by atoms with Crippen LogP contribution in [0.4, 0.5) is 4.39 Å². The van der Waals surface area contributed by atoms with Crippen molar-refractivity contribution in [3.63, 3.8) is 0 Å². The number of hydrogen-bond donors (Lipinski definition) is 3. The van der Waals surface area contributed by atoms with Gasteiger partial charge in [0.25, 0.3) is 0 Å². The monoisotopic (exact) mass is 485 g/mol. The van der Waals surface area contributed by atoms with E-state index < -0.39 is 23.9 Å². The lowest BCUT2D eigenvalue weighted by Crippen LogP contribution is -2.64. The molecule has 2 aromatic rings. The maximum Gasteiger partial charge on any atom is 0.318 e. The van der Waals surface area contributed by atoms with Crippen molar-refractivity contribution in [3.05, 3.63) is 65.0 Å². The second-order valence-corrected chi connectivity index (χ2v) is 9.72. The fourth-order valence-corrected chi connectivity index (χ4v) is 5.91. The molecule has 2 fully saturated rings. The third-order valence-corrected chi connectivity index (χ3v) is 7.65. The fourth-order valence-electron chi connectivity index (χ4n) is 5.91. The van der Waals surface area contributed by atoms with E-state index in [0.29, 0.717) is 24.1 Å². The third-order valence-electron chi connectivity index (χ3n) is 7.65. The van der Waals surface area contributed by atoms with Crippen LogP contribution in [0.15, 0.2) is 42.5 Å². The Hall–Kier alpha value is -2.65. The van der Waals surface area contributed by atoms with Crippen LogP contribution in [-0.4, -0.2) is 78.4 Å². The molecular formula is C27H34FN2O5+. The fraction of sp³-hybridized carbons (Fsp3) is 0.481. The maximum atomic E-state index is 14.6. The van der Waals surface area contributed by atoms with Gasteiger partial charge in [-0.3, -0.25) is 4.79 Å². The number of carbonyl (C=O) groups is 2. The van der Waals surface area contributed by atoms with Crippen molar-refractivity contribution in [2.75, 3.05) is 39.9 Å². The zero-order chi connectivity index (χ0) is 25.2. The van der Waals surface area contributed by atoms with Crippen LogP contribution in [0.3, 0.4) is 0 Å². The molecule has 2 unspecified atom stereocenters. The highest BCUT2D eigenvalue weighted by Gasteiger charge is 2.62. The first kappa shape index (κ1) is 25.4. The van der Waals surface area contributed by atoms with Crippen LogP contribution in [0.1, 0.15) is 40.2 Å². The molecule has 35 heavy (non-hydrogen) atoms. The Balaban J connectivity index is 1.89. The van der Waals surface area contributed by atoms with Gasteiger partial charge < -0.3 is 20.3 Å². The molecule has 8 heteroatoms. The van der Waals surface area contributed by atoms with Gasteiger partial charge in [0.15, 0.2) is 6.04 Å². The molecule has 1 amide bonds. The lowest BCUT2D eigenvalue weighted by molar-refractivity contribution is -0.861. The molecule has 2 aliphatic heterocycles. The zero-order valence-corrected chi connectivity index (χ0v) is 20.2. The molecule has 0 bridgehead atoms. The highest BCUT2D eigenvalue weighted by Crippen LogP contribution is 2.44. The first-order valence-corrected chi connectivity index (χ1v) is 12.2. The van der Waals surface area contributed by atoms with Gasteiger partial charge in [-0.2, -0.15) is 0 Å². The van der Waals surface area contributed by atoms with Gasteiger partial charge in [0.05, 0.1) is 18.4 Å². The van der Waals surface area contributed by atoms with Gasteiger partial charge in [0, 0.05) is 19.2 Å². The zero-order valence-electron chi connectivity index (χ0n) is 20.2. The second kappa shape index (κ2) is 10.5. The molecule has 0 radical (unpaired) electrons. The maximum absolute atomic E-state index is 14.6. The Kier molecular flexibility index (Phi) is 7.66. The minimum absolute atomic E-state index is 0.0362. The Morgan fingerprint density at radius 3 is 2.69 bits per heavy atom. The van der Waals surface area contributed by atoms with Crippen LogP contribution < -0.4 is 5.32 Å². The molecule has 188 valence electrons. The summed E-state index contributed by atoms with van der Waals surface area (Å²) in [6.45, 7) is 3.44. The number of ketones is 1. The van der Waals surface area contributed by atoms with Gasteiger partial charge in [-0.05, 0) is 55.6 Å². The molecule has 0 aromatic heterocycles. The number of carbonyl (C=O) groups excluding carboxylic acids is 2. The van der Waals surface area contributed by atoms with E-state index in [1.807, 2.05) is 0 Å². The molecule has 0 aliphatic carbocycles. The van der Waals surface area contributed by atoms with Gasteiger partial charge in [0.1, 0.15) is 30.8 Å². The number of quaternary nitrogens is 1. The number of nitrogens with one attached hydrogen (secondary N) is 1. The van der Waals surface area contributed by atoms with Gasteiger partial charge >= 0.3 is 5.91 Å². The van der Waals surface area contributed by atoms with Crippen LogP contribution >= 0.6 is 0 Å². The number of aliphatic hydroxyl groups excluding tert-OH is 1. The lowest BCUT2D eigenvalue weighted by atomic mass is 9.82. The molecule has 3 N–H and O–H groups in total. The first-order valence-electron chi connectivity index (χ1n) is 12.2. The van der Waals surface area contributed by atoms with Gasteiger partial charge in [-0.1, -0.05) is 24.3 Å². The van der Waals surface area contributed by atoms with E-state index in [4.69, 9.17) is 4.74 Å². The molecule has 5 atom stereocenters. The normalized spacial score (nSPS) is 28.7. The number of aromatic hydroxyl groups is 1. The number of Topliss-reactive ketones (excluding diaryl/α,β-unsaturated/α-hetero) is 1. The van der Waals surface area contributed by atoms with E-state index in [1.54, 1.807) is 31.2 Å². The van der Waals surface area contributed by atoms with E-state index in [-0.39, 0.29) is 53.1 Å². The van der Waals surface area contributed by atoms with Crippen molar-refractivity contribution >= 4 is 11.7 Å². The molecule has 2 saturated heterocycles. The van der Waals surface area contributed by atoms with Gasteiger partial charge in [-0.15, -0.1) is 0 Å². The summed E-state index contributed by atoms with van der Waals surface area (Å²) in [5.74, 6) is -2.06. The van der Waals surface area contributed by atoms with Crippen LogP contribution in [0.2, 0.25) is 0 Å². The number of ether oxygens (including phenoxy) is 1. The number of aliphatic hydroxyl groups is 1. The number of nitrogens with zero attached hydrogens (tertiary/aromatic N) is 1. The first-order chi connectivity index (χ1) is 16.8. The number of phenols is 1. The average molecular weight is 486 g/mol. The summed E-state index contributed by atoms with van der Waals surface area (Å²) >= 11 is 0. The number of halogens is 1. The summed E-state index contributed by atoms with van der Waals surface area (Å²) in [7, 11) is 1.54. The van der Waals surface area contributed by atoms with Crippen LogP contribution in [0.25, 0.3) is 0 Å². The number of phenolic OH excluding ortho intramolecular Hbond substituents is 1. The number of piperidine rings is 1. The van der Waals surface area contributed by atoms with E-state index in [2.05, 4.69) is 5.32 Å². The molecule has 2 aromatic carbocycles. The topological polar surface area (TPSA) is 95.9 Å². The van der Waals surface area contributed by atoms with E-state index in [0.717, 1.165) is 13.0 Å². The Morgan fingerprint density at radius 2 is 2.00 bits per heavy atom. The number of hydrogen-bond acceptors (Lipinski definition) is 6. The van der Waals surface area contributed by atoms with Crippen molar-refractivity contribution in [3.8, 4) is 5.75 Å². The third kappa shape index (κ3) is 4.76. The van der Waals surface area contributed by atoms with Crippen molar-refractivity contribution in [2.24, 2.45) is 5.92 Å². The van der Waals surface area contributed by atoms with E-state index in [1.165, 1.54) is 25.3 Å². The number of amides is 1. The summed E-state index contributed by atoms with van der Waals surface area (Å²) in [5.41, 5.74) is 1.12. The van der Waals surface area contributed by atoms with Crippen molar-refractivity contribution in [2.45, 2.75) is 37.8 Å². The lowest BCUT2D eigenvalue weighted by Gasteiger charge is -2.40. The predicted octanol–water partition coefficient (Wildman–Crippen LogP) is 2.54.